The summed E-state index contributed by atoms with van der Waals surface area (Å²) in [6.45, 7) is 6.97. The van der Waals surface area contributed by atoms with Crippen molar-refractivity contribution in [2.45, 2.75) is 39.3 Å². The highest BCUT2D eigenvalue weighted by Gasteiger charge is 2.49. The fourth-order valence-corrected chi connectivity index (χ4v) is 2.32. The van der Waals surface area contributed by atoms with Crippen LogP contribution in [0, 0.1) is 5.41 Å². The van der Waals surface area contributed by atoms with Crippen molar-refractivity contribution in [3.63, 3.8) is 0 Å². The van der Waals surface area contributed by atoms with Crippen molar-refractivity contribution in [3.8, 4) is 0 Å². The molecule has 1 aromatic heterocycles. The highest BCUT2D eigenvalue weighted by Crippen LogP contribution is 2.44. The largest absolute Gasteiger partial charge is 0.475 e. The van der Waals surface area contributed by atoms with Gasteiger partial charge in [-0.1, -0.05) is 13.8 Å². The minimum atomic E-state index is -1.05. The molecule has 0 aromatic carbocycles. The molecule has 0 spiro atoms. The Morgan fingerprint density at radius 2 is 2.33 bits per heavy atom. The Morgan fingerprint density at radius 1 is 1.61 bits per heavy atom. The summed E-state index contributed by atoms with van der Waals surface area (Å²) >= 11 is 0. The van der Waals surface area contributed by atoms with Crippen molar-refractivity contribution >= 4 is 11.9 Å². The molecule has 1 aromatic rings. The van der Waals surface area contributed by atoms with E-state index in [9.17, 15) is 4.79 Å². The molecular weight excluding hydrogens is 234 g/mol. The number of hydrogen-bond acceptors (Lipinski definition) is 4. The fraction of sp³-hybridized carbons (Fsp3) is 0.615. The van der Waals surface area contributed by atoms with Gasteiger partial charge in [-0.15, -0.1) is 0 Å². The molecule has 0 aliphatic heterocycles. The van der Waals surface area contributed by atoms with E-state index in [1.807, 2.05) is 6.92 Å². The summed E-state index contributed by atoms with van der Waals surface area (Å²) in [6, 6.07) is 3.34. The number of carboxylic acids is 1. The van der Waals surface area contributed by atoms with E-state index >= 15 is 0 Å². The maximum absolute atomic E-state index is 10.7. The van der Waals surface area contributed by atoms with Crippen LogP contribution in [0.2, 0.25) is 0 Å². The Kier molecular flexibility index (Phi) is 3.34. The van der Waals surface area contributed by atoms with Crippen molar-refractivity contribution in [2.75, 3.05) is 11.9 Å². The molecular formula is C13H19NO4. The van der Waals surface area contributed by atoms with Gasteiger partial charge in [-0.3, -0.25) is 0 Å². The lowest BCUT2D eigenvalue weighted by atomic mass is 9.64. The molecule has 1 aliphatic rings. The zero-order chi connectivity index (χ0) is 13.3. The van der Waals surface area contributed by atoms with Crippen LogP contribution >= 0.6 is 0 Å². The van der Waals surface area contributed by atoms with E-state index in [0.29, 0.717) is 12.5 Å². The molecule has 0 bridgehead atoms. The van der Waals surface area contributed by atoms with Gasteiger partial charge in [-0.2, -0.15) is 0 Å². The summed E-state index contributed by atoms with van der Waals surface area (Å²) < 4.78 is 10.8. The zero-order valence-electron chi connectivity index (χ0n) is 10.9. The van der Waals surface area contributed by atoms with E-state index in [4.69, 9.17) is 14.3 Å². The molecule has 1 heterocycles. The van der Waals surface area contributed by atoms with Crippen molar-refractivity contribution in [3.05, 3.63) is 17.9 Å². The highest BCUT2D eigenvalue weighted by atomic mass is 16.5. The van der Waals surface area contributed by atoms with Gasteiger partial charge in [0.1, 0.15) is 0 Å². The number of carbonyl (C=O) groups is 1. The van der Waals surface area contributed by atoms with Gasteiger partial charge in [-0.25, -0.2) is 4.79 Å². The van der Waals surface area contributed by atoms with Gasteiger partial charge >= 0.3 is 5.97 Å². The molecule has 18 heavy (non-hydrogen) atoms. The van der Waals surface area contributed by atoms with Gasteiger partial charge in [0.05, 0.1) is 6.10 Å². The molecule has 2 rings (SSSR count). The van der Waals surface area contributed by atoms with Crippen LogP contribution in [0.5, 0.6) is 0 Å². The number of rotatable bonds is 5. The summed E-state index contributed by atoms with van der Waals surface area (Å²) in [4.78, 5) is 10.7. The van der Waals surface area contributed by atoms with Gasteiger partial charge in [0, 0.05) is 24.1 Å². The Morgan fingerprint density at radius 3 is 2.83 bits per heavy atom. The smallest absolute Gasteiger partial charge is 0.371 e. The third kappa shape index (κ3) is 2.22. The summed E-state index contributed by atoms with van der Waals surface area (Å²) in [6.07, 6.45) is 1.15. The van der Waals surface area contributed by atoms with Crippen molar-refractivity contribution < 1.29 is 19.1 Å². The maximum Gasteiger partial charge on any atom is 0.371 e. The fourth-order valence-electron chi connectivity index (χ4n) is 2.32. The SMILES string of the molecule is CCOC1CC(Nc2ccc(C(=O)O)o2)C1(C)C. The number of furan rings is 1. The van der Waals surface area contributed by atoms with E-state index in [-0.39, 0.29) is 23.3 Å². The molecule has 0 amide bonds. The zero-order valence-corrected chi connectivity index (χ0v) is 10.9. The summed E-state index contributed by atoms with van der Waals surface area (Å²) in [5, 5.41) is 12.0. The van der Waals surface area contributed by atoms with Crippen LogP contribution in [-0.2, 0) is 4.74 Å². The molecule has 2 N–H and O–H groups in total. The minimum absolute atomic E-state index is 0.0200. The molecule has 2 unspecified atom stereocenters. The molecule has 1 saturated carbocycles. The van der Waals surface area contributed by atoms with E-state index in [1.54, 1.807) is 6.07 Å². The Bertz CT molecular complexity index is 438. The van der Waals surface area contributed by atoms with Crippen LogP contribution in [0.15, 0.2) is 16.5 Å². The van der Waals surface area contributed by atoms with Crippen LogP contribution in [0.3, 0.4) is 0 Å². The number of anilines is 1. The first kappa shape index (κ1) is 13.0. The maximum atomic E-state index is 10.7. The van der Waals surface area contributed by atoms with Crippen molar-refractivity contribution in [1.29, 1.82) is 0 Å². The number of aromatic carboxylic acids is 1. The quantitative estimate of drug-likeness (QED) is 0.844. The van der Waals surface area contributed by atoms with Gasteiger partial charge < -0.3 is 19.6 Å². The first-order chi connectivity index (χ1) is 8.45. The highest BCUT2D eigenvalue weighted by molar-refractivity contribution is 5.84. The average Bonchev–Trinajstić information content (AvgIpc) is 2.76. The second-order valence-corrected chi connectivity index (χ2v) is 5.17. The lowest BCUT2D eigenvalue weighted by Gasteiger charge is -2.51. The lowest BCUT2D eigenvalue weighted by molar-refractivity contribution is -0.0979. The number of ether oxygens (including phenoxy) is 1. The first-order valence-corrected chi connectivity index (χ1v) is 6.16. The van der Waals surface area contributed by atoms with Crippen LogP contribution in [0.1, 0.15) is 37.7 Å². The van der Waals surface area contributed by atoms with E-state index in [0.717, 1.165) is 6.42 Å². The van der Waals surface area contributed by atoms with E-state index in [2.05, 4.69) is 19.2 Å². The van der Waals surface area contributed by atoms with Crippen molar-refractivity contribution in [1.82, 2.24) is 0 Å². The lowest BCUT2D eigenvalue weighted by Crippen LogP contribution is -2.58. The Hall–Kier alpha value is -1.49. The monoisotopic (exact) mass is 253 g/mol. The summed E-state index contributed by atoms with van der Waals surface area (Å²) in [7, 11) is 0. The second-order valence-electron chi connectivity index (χ2n) is 5.17. The Balaban J connectivity index is 1.96. The molecule has 1 aliphatic carbocycles. The molecule has 0 saturated heterocycles. The van der Waals surface area contributed by atoms with E-state index in [1.165, 1.54) is 6.07 Å². The number of carboxylic acid groups (broad SMARTS) is 1. The van der Waals surface area contributed by atoms with Gasteiger partial charge in [0.15, 0.2) is 5.88 Å². The molecule has 5 nitrogen and oxygen atoms in total. The van der Waals surface area contributed by atoms with Crippen LogP contribution < -0.4 is 5.32 Å². The Labute approximate surface area is 106 Å². The predicted molar refractivity (Wildman–Crippen MR) is 66.9 cm³/mol. The normalized spacial score (nSPS) is 25.5. The van der Waals surface area contributed by atoms with Crippen LogP contribution in [-0.4, -0.2) is 29.8 Å². The third-order valence-electron chi connectivity index (χ3n) is 3.68. The predicted octanol–water partition coefficient (Wildman–Crippen LogP) is 2.59. The standard InChI is InChI=1S/C13H19NO4/c1-4-17-10-7-9(13(10,2)3)14-11-6-5-8(18-11)12(15)16/h5-6,9-10,14H,4,7H2,1-3H3,(H,15,16). The molecule has 2 atom stereocenters. The molecule has 1 fully saturated rings. The summed E-state index contributed by atoms with van der Waals surface area (Å²) in [5.41, 5.74) is 0.0200. The van der Waals surface area contributed by atoms with Gasteiger partial charge in [-0.05, 0) is 19.4 Å². The first-order valence-electron chi connectivity index (χ1n) is 6.16. The van der Waals surface area contributed by atoms with E-state index < -0.39 is 5.97 Å². The molecule has 0 radical (unpaired) electrons. The van der Waals surface area contributed by atoms with Crippen molar-refractivity contribution in [2.24, 2.45) is 5.41 Å². The van der Waals surface area contributed by atoms with Gasteiger partial charge in [0.2, 0.25) is 5.76 Å². The third-order valence-corrected chi connectivity index (χ3v) is 3.68. The number of hydrogen-bond donors (Lipinski definition) is 2. The minimum Gasteiger partial charge on any atom is -0.475 e. The van der Waals surface area contributed by atoms with Gasteiger partial charge in [0.25, 0.3) is 0 Å². The molecule has 100 valence electrons. The topological polar surface area (TPSA) is 71.7 Å². The molecule has 5 heteroatoms. The second kappa shape index (κ2) is 4.65. The average molecular weight is 253 g/mol. The number of nitrogens with one attached hydrogen (secondary N) is 1. The van der Waals surface area contributed by atoms with Crippen LogP contribution in [0.4, 0.5) is 5.88 Å². The van der Waals surface area contributed by atoms with Crippen LogP contribution in [0.25, 0.3) is 0 Å². The summed E-state index contributed by atoms with van der Waals surface area (Å²) in [5.74, 6) is -0.598.